The number of rotatable bonds is 3. The predicted octanol–water partition coefficient (Wildman–Crippen LogP) is 2.26. The van der Waals surface area contributed by atoms with Crippen LogP contribution in [0.3, 0.4) is 0 Å². The fourth-order valence-corrected chi connectivity index (χ4v) is 2.45. The molecule has 1 aliphatic rings. The summed E-state index contributed by atoms with van der Waals surface area (Å²) in [6.45, 7) is 1.88. The number of carbonyl (C=O) groups is 2. The van der Waals surface area contributed by atoms with Crippen molar-refractivity contribution in [3.63, 3.8) is 0 Å². The summed E-state index contributed by atoms with van der Waals surface area (Å²) in [5.74, 6) is 0.00180. The van der Waals surface area contributed by atoms with Gasteiger partial charge in [-0.1, -0.05) is 13.0 Å². The molecule has 0 fully saturated rings. The Balaban J connectivity index is 1.72. The van der Waals surface area contributed by atoms with E-state index in [1.165, 1.54) is 18.5 Å². The zero-order valence-corrected chi connectivity index (χ0v) is 13.4. The van der Waals surface area contributed by atoms with Crippen molar-refractivity contribution < 1.29 is 19.4 Å². The minimum Gasteiger partial charge on any atom is -0.506 e. The molecular weight excluding hydrogens is 324 g/mol. The Morgan fingerprint density at radius 2 is 2.08 bits per heavy atom. The fourth-order valence-electron chi connectivity index (χ4n) is 2.45. The standard InChI is InChI=1S/C17H16N4O4/c1-10-8-15(23)20-21-16(10)11-2-3-13(14(22)9-11)19-17(24)25-12-4-6-18-7-5-12/h2-7,9-10,22H,8H2,1H3,(H,19,24)(H,20,23). The maximum absolute atomic E-state index is 11.9. The molecule has 0 saturated carbocycles. The second kappa shape index (κ2) is 7.00. The van der Waals surface area contributed by atoms with Gasteiger partial charge >= 0.3 is 6.09 Å². The quantitative estimate of drug-likeness (QED) is 0.742. The number of phenolic OH excluding ortho intramolecular Hbond substituents is 1. The van der Waals surface area contributed by atoms with Crippen LogP contribution in [0.1, 0.15) is 18.9 Å². The molecule has 128 valence electrons. The number of nitrogens with zero attached hydrogens (tertiary/aromatic N) is 2. The van der Waals surface area contributed by atoms with E-state index in [0.717, 1.165) is 0 Å². The van der Waals surface area contributed by atoms with Gasteiger partial charge in [0, 0.05) is 30.3 Å². The van der Waals surface area contributed by atoms with E-state index in [2.05, 4.69) is 20.8 Å². The molecule has 0 aliphatic carbocycles. The number of nitrogens with one attached hydrogen (secondary N) is 2. The van der Waals surface area contributed by atoms with Crippen LogP contribution in [0.15, 0.2) is 47.8 Å². The van der Waals surface area contributed by atoms with Gasteiger partial charge in [-0.3, -0.25) is 15.1 Å². The van der Waals surface area contributed by atoms with Crippen molar-refractivity contribution in [2.45, 2.75) is 13.3 Å². The number of anilines is 1. The van der Waals surface area contributed by atoms with Crippen molar-refractivity contribution in [2.24, 2.45) is 11.0 Å². The van der Waals surface area contributed by atoms with E-state index in [4.69, 9.17) is 4.74 Å². The van der Waals surface area contributed by atoms with E-state index >= 15 is 0 Å². The third kappa shape index (κ3) is 3.92. The number of amides is 2. The number of aromatic hydroxyl groups is 1. The van der Waals surface area contributed by atoms with E-state index < -0.39 is 6.09 Å². The van der Waals surface area contributed by atoms with Gasteiger partial charge in [0.05, 0.1) is 11.4 Å². The molecule has 1 atom stereocenters. The number of hydrogen-bond acceptors (Lipinski definition) is 6. The molecule has 3 N–H and O–H groups in total. The minimum atomic E-state index is -0.732. The van der Waals surface area contributed by atoms with E-state index in [1.54, 1.807) is 24.3 Å². The van der Waals surface area contributed by atoms with Gasteiger partial charge < -0.3 is 9.84 Å². The molecule has 25 heavy (non-hydrogen) atoms. The van der Waals surface area contributed by atoms with Gasteiger partial charge in [-0.2, -0.15) is 5.10 Å². The lowest BCUT2D eigenvalue weighted by Gasteiger charge is -2.19. The molecular formula is C17H16N4O4. The molecule has 3 rings (SSSR count). The third-order valence-electron chi connectivity index (χ3n) is 3.65. The fraction of sp³-hybridized carbons (Fsp3) is 0.176. The van der Waals surface area contributed by atoms with Gasteiger partial charge in [-0.05, 0) is 24.3 Å². The number of hydrazone groups is 1. The average molecular weight is 340 g/mol. The highest BCUT2D eigenvalue weighted by molar-refractivity contribution is 6.06. The SMILES string of the molecule is CC1CC(=O)NN=C1c1ccc(NC(=O)Oc2ccncc2)c(O)c1. The summed E-state index contributed by atoms with van der Waals surface area (Å²) >= 11 is 0. The second-order valence-electron chi connectivity index (χ2n) is 5.57. The molecule has 1 aliphatic heterocycles. The van der Waals surface area contributed by atoms with Crippen LogP contribution in [0.25, 0.3) is 0 Å². The number of carbonyl (C=O) groups excluding carboxylic acids is 2. The molecule has 2 amide bonds. The largest absolute Gasteiger partial charge is 0.506 e. The van der Waals surface area contributed by atoms with Gasteiger partial charge in [0.1, 0.15) is 11.5 Å². The molecule has 1 aromatic carbocycles. The molecule has 0 radical (unpaired) electrons. The van der Waals surface area contributed by atoms with Crippen LogP contribution in [-0.4, -0.2) is 27.8 Å². The molecule has 1 unspecified atom stereocenters. The molecule has 8 nitrogen and oxygen atoms in total. The Hall–Kier alpha value is -3.42. The van der Waals surface area contributed by atoms with Gasteiger partial charge in [0.2, 0.25) is 5.91 Å². The van der Waals surface area contributed by atoms with Crippen molar-refractivity contribution in [3.05, 3.63) is 48.3 Å². The summed E-state index contributed by atoms with van der Waals surface area (Å²) in [7, 11) is 0. The molecule has 8 heteroatoms. The van der Waals surface area contributed by atoms with Crippen LogP contribution in [0.5, 0.6) is 11.5 Å². The molecule has 0 bridgehead atoms. The van der Waals surface area contributed by atoms with Crippen LogP contribution in [0.2, 0.25) is 0 Å². The van der Waals surface area contributed by atoms with E-state index in [-0.39, 0.29) is 23.3 Å². The second-order valence-corrected chi connectivity index (χ2v) is 5.57. The molecule has 0 spiro atoms. The first kappa shape index (κ1) is 16.4. The van der Waals surface area contributed by atoms with Crippen LogP contribution < -0.4 is 15.5 Å². The normalized spacial score (nSPS) is 16.6. The van der Waals surface area contributed by atoms with Crippen LogP contribution in [0.4, 0.5) is 10.5 Å². The van der Waals surface area contributed by atoms with Gasteiger partial charge in [0.15, 0.2) is 0 Å². The summed E-state index contributed by atoms with van der Waals surface area (Å²) < 4.78 is 5.08. The van der Waals surface area contributed by atoms with Crippen molar-refractivity contribution in [2.75, 3.05) is 5.32 Å². The Morgan fingerprint density at radius 1 is 1.32 bits per heavy atom. The lowest BCUT2D eigenvalue weighted by atomic mass is 9.94. The minimum absolute atomic E-state index is 0.0661. The van der Waals surface area contributed by atoms with Gasteiger partial charge in [-0.25, -0.2) is 10.2 Å². The highest BCUT2D eigenvalue weighted by Gasteiger charge is 2.22. The van der Waals surface area contributed by atoms with Gasteiger partial charge in [-0.15, -0.1) is 0 Å². The first-order valence-corrected chi connectivity index (χ1v) is 7.61. The maximum atomic E-state index is 11.9. The van der Waals surface area contributed by atoms with Crippen molar-refractivity contribution in [1.82, 2.24) is 10.4 Å². The number of aromatic nitrogens is 1. The summed E-state index contributed by atoms with van der Waals surface area (Å²) in [4.78, 5) is 27.0. The Bertz CT molecular complexity index is 836. The zero-order chi connectivity index (χ0) is 17.8. The summed E-state index contributed by atoms with van der Waals surface area (Å²) in [5, 5.41) is 16.7. The van der Waals surface area contributed by atoms with E-state index in [9.17, 15) is 14.7 Å². The van der Waals surface area contributed by atoms with Crippen molar-refractivity contribution in [1.29, 1.82) is 0 Å². The van der Waals surface area contributed by atoms with Gasteiger partial charge in [0.25, 0.3) is 0 Å². The molecule has 2 aromatic rings. The topological polar surface area (TPSA) is 113 Å². The molecule has 0 saturated heterocycles. The highest BCUT2D eigenvalue weighted by atomic mass is 16.6. The molecule has 1 aromatic heterocycles. The highest BCUT2D eigenvalue weighted by Crippen LogP contribution is 2.27. The Labute approximate surface area is 143 Å². The van der Waals surface area contributed by atoms with Crippen molar-refractivity contribution in [3.8, 4) is 11.5 Å². The predicted molar refractivity (Wildman–Crippen MR) is 90.5 cm³/mol. The Kier molecular flexibility index (Phi) is 4.60. The van der Waals surface area contributed by atoms with Crippen LogP contribution in [-0.2, 0) is 4.79 Å². The smallest absolute Gasteiger partial charge is 0.417 e. The molecule has 2 heterocycles. The average Bonchev–Trinajstić information content (AvgIpc) is 2.58. The number of benzene rings is 1. The summed E-state index contributed by atoms with van der Waals surface area (Å²) in [6.07, 6.45) is 2.60. The first-order chi connectivity index (χ1) is 12.0. The number of ether oxygens (including phenoxy) is 1. The van der Waals surface area contributed by atoms with E-state index in [0.29, 0.717) is 23.4 Å². The Morgan fingerprint density at radius 3 is 2.76 bits per heavy atom. The number of phenols is 1. The number of pyridine rings is 1. The third-order valence-corrected chi connectivity index (χ3v) is 3.65. The zero-order valence-electron chi connectivity index (χ0n) is 13.4. The summed E-state index contributed by atoms with van der Waals surface area (Å²) in [6, 6.07) is 7.81. The van der Waals surface area contributed by atoms with Crippen LogP contribution >= 0.6 is 0 Å². The van der Waals surface area contributed by atoms with Crippen LogP contribution in [0, 0.1) is 5.92 Å². The summed E-state index contributed by atoms with van der Waals surface area (Å²) in [5.41, 5.74) is 3.96. The van der Waals surface area contributed by atoms with E-state index in [1.807, 2.05) is 6.92 Å². The van der Waals surface area contributed by atoms with Crippen molar-refractivity contribution >= 4 is 23.4 Å². The monoisotopic (exact) mass is 340 g/mol. The first-order valence-electron chi connectivity index (χ1n) is 7.61. The maximum Gasteiger partial charge on any atom is 0.417 e. The lowest BCUT2D eigenvalue weighted by Crippen LogP contribution is -2.31. The number of hydrogen-bond donors (Lipinski definition) is 3. The lowest BCUT2D eigenvalue weighted by molar-refractivity contribution is -0.121.